The van der Waals surface area contributed by atoms with E-state index in [1.54, 1.807) is 0 Å². The van der Waals surface area contributed by atoms with Crippen LogP contribution in [0.1, 0.15) is 5.56 Å². The van der Waals surface area contributed by atoms with Gasteiger partial charge >= 0.3 is 12.1 Å². The predicted molar refractivity (Wildman–Crippen MR) is 112 cm³/mol. The van der Waals surface area contributed by atoms with Crippen molar-refractivity contribution in [1.82, 2.24) is 14.7 Å². The lowest BCUT2D eigenvalue weighted by Gasteiger charge is -2.36. The second kappa shape index (κ2) is 8.04. The van der Waals surface area contributed by atoms with E-state index < -0.39 is 35.0 Å². The maximum Gasteiger partial charge on any atom is 0.422 e. The van der Waals surface area contributed by atoms with Crippen molar-refractivity contribution in [2.45, 2.75) is 11.8 Å². The quantitative estimate of drug-likeness (QED) is 0.429. The molecular formula is C23H19F4N3O3. The molecule has 33 heavy (non-hydrogen) atoms. The van der Waals surface area contributed by atoms with Gasteiger partial charge in [0.15, 0.2) is 5.60 Å². The van der Waals surface area contributed by atoms with E-state index in [0.29, 0.717) is 16.6 Å². The molecule has 0 saturated heterocycles. The number of carboxylic acid groups (broad SMARTS) is 1. The molecule has 2 heterocycles. The molecule has 0 amide bonds. The Balaban J connectivity index is 1.80. The molecule has 172 valence electrons. The highest BCUT2D eigenvalue weighted by atomic mass is 19.4. The summed E-state index contributed by atoms with van der Waals surface area (Å²) >= 11 is 0. The first kappa shape index (κ1) is 22.5. The van der Waals surface area contributed by atoms with Crippen molar-refractivity contribution in [3.05, 3.63) is 84.5 Å². The number of alkyl halides is 3. The Morgan fingerprint density at radius 1 is 1.21 bits per heavy atom. The van der Waals surface area contributed by atoms with Crippen LogP contribution in [-0.2, 0) is 10.4 Å². The van der Waals surface area contributed by atoms with Gasteiger partial charge in [0.1, 0.15) is 11.5 Å². The molecule has 1 aliphatic rings. The third-order valence-corrected chi connectivity index (χ3v) is 5.73. The molecule has 4 rings (SSSR count). The summed E-state index contributed by atoms with van der Waals surface area (Å²) in [4.78, 5) is 12.8. The minimum Gasteiger partial charge on any atom is -0.477 e. The molecule has 1 aromatic heterocycles. The lowest BCUT2D eigenvalue weighted by molar-refractivity contribution is -0.281. The molecule has 10 heteroatoms. The zero-order valence-electron chi connectivity index (χ0n) is 17.1. The molecule has 0 aliphatic carbocycles. The summed E-state index contributed by atoms with van der Waals surface area (Å²) in [5.41, 5.74) is -3.14. The van der Waals surface area contributed by atoms with Crippen molar-refractivity contribution in [3.63, 3.8) is 0 Å². The van der Waals surface area contributed by atoms with Crippen LogP contribution in [0.15, 0.2) is 73.1 Å². The fraction of sp³-hybridized carbons (Fsp3) is 0.217. The maximum absolute atomic E-state index is 14.3. The summed E-state index contributed by atoms with van der Waals surface area (Å²) in [5, 5.41) is 24.9. The van der Waals surface area contributed by atoms with Crippen molar-refractivity contribution >= 4 is 16.9 Å². The van der Waals surface area contributed by atoms with E-state index in [-0.39, 0.29) is 18.8 Å². The number of halogens is 4. The minimum atomic E-state index is -5.09. The highest BCUT2D eigenvalue weighted by Gasteiger charge is 2.60. The van der Waals surface area contributed by atoms with Gasteiger partial charge in [-0.1, -0.05) is 12.1 Å². The first-order chi connectivity index (χ1) is 15.6. The zero-order valence-corrected chi connectivity index (χ0v) is 17.1. The lowest BCUT2D eigenvalue weighted by Crippen LogP contribution is -2.49. The van der Waals surface area contributed by atoms with Crippen LogP contribution in [0.5, 0.6) is 0 Å². The molecule has 0 fully saturated rings. The monoisotopic (exact) mass is 461 g/mol. The Labute approximate surface area is 185 Å². The Bertz CT molecular complexity index is 1250. The normalized spacial score (nSPS) is 18.3. The summed E-state index contributed by atoms with van der Waals surface area (Å²) in [6.45, 7) is 3.17. The Kier molecular flexibility index (Phi) is 5.49. The Morgan fingerprint density at radius 3 is 2.52 bits per heavy atom. The number of aromatic nitrogens is 2. The van der Waals surface area contributed by atoms with Gasteiger partial charge in [-0.15, -0.1) is 6.58 Å². The number of benzene rings is 2. The molecule has 0 bridgehead atoms. The number of aliphatic carboxylic acids is 1. The standard InChI is InChI=1S/C23H19F4N3O3/c1-2-9-29-13-16(11-20(29)21(31)32)22(33,23(25,26)27)15-3-8-19-14(10-15)12-28-30(19)18-6-4-17(24)5-7-18/h2-8,10-12,16,33H,1,9,13H2,(H,31,32). The van der Waals surface area contributed by atoms with Gasteiger partial charge in [-0.25, -0.2) is 13.9 Å². The van der Waals surface area contributed by atoms with Gasteiger partial charge in [0, 0.05) is 24.4 Å². The Hall–Kier alpha value is -3.66. The van der Waals surface area contributed by atoms with Gasteiger partial charge < -0.3 is 15.1 Å². The third-order valence-electron chi connectivity index (χ3n) is 5.73. The van der Waals surface area contributed by atoms with Crippen LogP contribution in [0, 0.1) is 11.7 Å². The van der Waals surface area contributed by atoms with Gasteiger partial charge in [-0.3, -0.25) is 0 Å². The van der Waals surface area contributed by atoms with Crippen molar-refractivity contribution in [3.8, 4) is 5.69 Å². The van der Waals surface area contributed by atoms with Crippen LogP contribution in [0.2, 0.25) is 0 Å². The van der Waals surface area contributed by atoms with E-state index >= 15 is 0 Å². The lowest BCUT2D eigenvalue weighted by atomic mass is 9.80. The summed E-state index contributed by atoms with van der Waals surface area (Å²) in [7, 11) is 0. The van der Waals surface area contributed by atoms with E-state index in [1.165, 1.54) is 58.3 Å². The number of nitrogens with zero attached hydrogens (tertiary/aromatic N) is 3. The van der Waals surface area contributed by atoms with E-state index in [0.717, 1.165) is 12.1 Å². The van der Waals surface area contributed by atoms with Crippen LogP contribution >= 0.6 is 0 Å². The largest absolute Gasteiger partial charge is 0.477 e. The molecule has 3 aromatic rings. The van der Waals surface area contributed by atoms with Crippen molar-refractivity contribution in [2.75, 3.05) is 13.1 Å². The molecular weight excluding hydrogens is 442 g/mol. The third kappa shape index (κ3) is 3.76. The SMILES string of the molecule is C=CCN1CC(C(O)(c2ccc3c(cnn3-c3ccc(F)cc3)c2)C(F)(F)F)C=C1C(=O)O. The predicted octanol–water partition coefficient (Wildman–Crippen LogP) is 4.00. The number of aliphatic hydroxyl groups is 1. The summed E-state index contributed by atoms with van der Waals surface area (Å²) in [6.07, 6.45) is -1.44. The maximum atomic E-state index is 14.3. The highest BCUT2D eigenvalue weighted by molar-refractivity contribution is 5.86. The van der Waals surface area contributed by atoms with E-state index in [2.05, 4.69) is 11.7 Å². The van der Waals surface area contributed by atoms with E-state index in [1.807, 2.05) is 0 Å². The molecule has 0 saturated carbocycles. The van der Waals surface area contributed by atoms with Gasteiger partial charge in [0.25, 0.3) is 0 Å². The summed E-state index contributed by atoms with van der Waals surface area (Å²) < 4.78 is 57.5. The van der Waals surface area contributed by atoms with Gasteiger partial charge in [0.05, 0.1) is 17.4 Å². The molecule has 2 N–H and O–H groups in total. The average Bonchev–Trinajstić information content (AvgIpc) is 3.37. The second-order valence-electron chi connectivity index (χ2n) is 7.73. The molecule has 2 aromatic carbocycles. The van der Waals surface area contributed by atoms with Crippen molar-refractivity contribution in [1.29, 1.82) is 0 Å². The van der Waals surface area contributed by atoms with Crippen LogP contribution in [0.3, 0.4) is 0 Å². The first-order valence-electron chi connectivity index (χ1n) is 9.90. The molecule has 0 radical (unpaired) electrons. The average molecular weight is 461 g/mol. The van der Waals surface area contributed by atoms with Gasteiger partial charge in [-0.05, 0) is 48.0 Å². The number of rotatable bonds is 6. The number of carboxylic acids is 1. The molecule has 0 spiro atoms. The second-order valence-corrected chi connectivity index (χ2v) is 7.73. The van der Waals surface area contributed by atoms with Crippen LogP contribution in [0.25, 0.3) is 16.6 Å². The van der Waals surface area contributed by atoms with Gasteiger partial charge in [-0.2, -0.15) is 18.3 Å². The van der Waals surface area contributed by atoms with Crippen LogP contribution in [0.4, 0.5) is 17.6 Å². The Morgan fingerprint density at radius 2 is 1.91 bits per heavy atom. The van der Waals surface area contributed by atoms with E-state index in [4.69, 9.17) is 0 Å². The number of hydrogen-bond acceptors (Lipinski definition) is 4. The van der Waals surface area contributed by atoms with Crippen LogP contribution in [-0.4, -0.2) is 50.1 Å². The van der Waals surface area contributed by atoms with Crippen LogP contribution < -0.4 is 0 Å². The van der Waals surface area contributed by atoms with Gasteiger partial charge in [0.2, 0.25) is 0 Å². The fourth-order valence-corrected chi connectivity index (χ4v) is 4.12. The number of hydrogen-bond donors (Lipinski definition) is 2. The number of fused-ring (bicyclic) bond motifs is 1. The van der Waals surface area contributed by atoms with E-state index in [9.17, 15) is 32.6 Å². The molecule has 1 aliphatic heterocycles. The zero-order chi connectivity index (χ0) is 24.0. The number of carbonyl (C=O) groups is 1. The first-order valence-corrected chi connectivity index (χ1v) is 9.90. The molecule has 2 unspecified atom stereocenters. The van der Waals surface area contributed by atoms with Crippen molar-refractivity contribution < 1.29 is 32.6 Å². The smallest absolute Gasteiger partial charge is 0.422 e. The fourth-order valence-electron chi connectivity index (χ4n) is 4.12. The molecule has 6 nitrogen and oxygen atoms in total. The summed E-state index contributed by atoms with van der Waals surface area (Å²) in [6, 6.07) is 9.14. The highest BCUT2D eigenvalue weighted by Crippen LogP contribution is 2.48. The minimum absolute atomic E-state index is 0.0199. The summed E-state index contributed by atoms with van der Waals surface area (Å²) in [5.74, 6) is -3.39. The topological polar surface area (TPSA) is 78.6 Å². The van der Waals surface area contributed by atoms with Crippen molar-refractivity contribution in [2.24, 2.45) is 5.92 Å². The molecule has 2 atom stereocenters.